The lowest BCUT2D eigenvalue weighted by Gasteiger charge is -2.04. The maximum atomic E-state index is 11.2. The molecule has 1 aromatic carbocycles. The second-order valence-corrected chi connectivity index (χ2v) is 10.1. The van der Waals surface area contributed by atoms with Crippen LogP contribution in [-0.4, -0.2) is 21.0 Å². The van der Waals surface area contributed by atoms with Gasteiger partial charge in [-0.3, -0.25) is 25.7 Å². The van der Waals surface area contributed by atoms with Crippen LogP contribution in [0.5, 0.6) is 0 Å². The van der Waals surface area contributed by atoms with Gasteiger partial charge in [0.15, 0.2) is 0 Å². The molecule has 2 aliphatic rings. The van der Waals surface area contributed by atoms with E-state index in [1.807, 2.05) is 12.1 Å². The van der Waals surface area contributed by atoms with Gasteiger partial charge in [0.2, 0.25) is 0 Å². The number of aromatic nitrogens is 1. The molecule has 3 heterocycles. The average molecular weight is 490 g/mol. The maximum absolute atomic E-state index is 11.2. The van der Waals surface area contributed by atoms with Crippen LogP contribution in [0.1, 0.15) is 11.4 Å². The number of nitrogens with one attached hydrogen (secondary N) is 1. The topological polar surface area (TPSA) is 124 Å². The number of hydrogen-bond acceptors (Lipinski definition) is 11. The number of nitro benzene ring substituents is 2. The van der Waals surface area contributed by atoms with Crippen molar-refractivity contribution in [2.75, 3.05) is 5.43 Å². The fraction of sp³-hybridized carbons (Fsp3) is 0. The monoisotopic (exact) mass is 489 g/mol. The third-order valence-corrected chi connectivity index (χ3v) is 8.89. The number of benzene rings is 1. The first kappa shape index (κ1) is 21.5. The van der Waals surface area contributed by atoms with E-state index in [-0.39, 0.29) is 11.4 Å². The third-order valence-electron chi connectivity index (χ3n) is 3.84. The fourth-order valence-electron chi connectivity index (χ4n) is 2.47. The van der Waals surface area contributed by atoms with Crippen LogP contribution < -0.4 is 5.43 Å². The van der Waals surface area contributed by atoms with Crippen LogP contribution in [0.3, 0.4) is 0 Å². The van der Waals surface area contributed by atoms with Crippen molar-refractivity contribution in [3.8, 4) is 0 Å². The zero-order valence-corrected chi connectivity index (χ0v) is 18.6. The summed E-state index contributed by atoms with van der Waals surface area (Å²) < 4.78 is 2.48. The van der Waals surface area contributed by atoms with E-state index < -0.39 is 15.5 Å². The van der Waals surface area contributed by atoms with Gasteiger partial charge in [-0.15, -0.1) is 0 Å². The zero-order valence-electron chi connectivity index (χ0n) is 15.3. The Morgan fingerprint density at radius 3 is 2.55 bits per heavy atom. The van der Waals surface area contributed by atoms with Crippen LogP contribution in [0.4, 0.5) is 17.1 Å². The molecule has 0 spiro atoms. The molecule has 4 rings (SSSR count). The summed E-state index contributed by atoms with van der Waals surface area (Å²) in [5, 5.41) is 32.2. The summed E-state index contributed by atoms with van der Waals surface area (Å²) in [4.78, 5) is 26.3. The number of nitrogens with zero attached hydrogens (tertiary/aromatic N) is 4. The van der Waals surface area contributed by atoms with Crippen molar-refractivity contribution in [1.82, 2.24) is 4.98 Å². The van der Waals surface area contributed by atoms with E-state index in [0.717, 1.165) is 16.7 Å². The molecule has 0 atom stereocenters. The van der Waals surface area contributed by atoms with Gasteiger partial charge in [0.05, 0.1) is 42.0 Å². The standard InChI is InChI=1S/C18H11N5O4S4/c24-22(25)12-4-5-13(15(8-12)23(26)27)21-19-9-11-2-1-3-14(20-11)16-10-30-18(31-16)17-28-6-7-29-17/h1-10,21H/b19-9+. The molecular weight excluding hydrogens is 478 g/mol. The minimum absolute atomic E-state index is 0.0462. The predicted molar refractivity (Wildman–Crippen MR) is 130 cm³/mol. The quantitative estimate of drug-likeness (QED) is 0.285. The van der Waals surface area contributed by atoms with Gasteiger partial charge in [-0.05, 0) is 34.4 Å². The molecule has 0 fully saturated rings. The Kier molecular flexibility index (Phi) is 6.65. The summed E-state index contributed by atoms with van der Waals surface area (Å²) in [6, 6.07) is 8.84. The molecule has 0 radical (unpaired) electrons. The fourth-order valence-corrected chi connectivity index (χ4v) is 6.90. The van der Waals surface area contributed by atoms with Crippen LogP contribution in [0.15, 0.2) is 66.2 Å². The summed E-state index contributed by atoms with van der Waals surface area (Å²) in [5.41, 5.74) is 3.18. The van der Waals surface area contributed by atoms with E-state index in [0.29, 0.717) is 5.69 Å². The van der Waals surface area contributed by atoms with Crippen molar-refractivity contribution < 1.29 is 9.85 Å². The molecule has 13 heteroatoms. The number of thioether (sulfide) groups is 4. The predicted octanol–water partition coefficient (Wildman–Crippen LogP) is 6.20. The first-order valence-corrected chi connectivity index (χ1v) is 11.9. The molecule has 1 N–H and O–H groups in total. The second-order valence-electron chi connectivity index (χ2n) is 5.82. The van der Waals surface area contributed by atoms with E-state index in [2.05, 4.69) is 31.7 Å². The molecule has 2 aromatic rings. The minimum atomic E-state index is -0.701. The molecule has 2 aliphatic heterocycles. The van der Waals surface area contributed by atoms with E-state index in [9.17, 15) is 20.2 Å². The van der Waals surface area contributed by atoms with Crippen molar-refractivity contribution >= 4 is 75.2 Å². The Balaban J connectivity index is 1.47. The molecule has 9 nitrogen and oxygen atoms in total. The summed E-state index contributed by atoms with van der Waals surface area (Å²) in [5.74, 6) is 0. The molecule has 0 saturated heterocycles. The summed E-state index contributed by atoms with van der Waals surface area (Å²) >= 11 is 6.75. The van der Waals surface area contributed by atoms with E-state index in [1.165, 1.54) is 26.8 Å². The molecule has 0 amide bonds. The number of hydrogen-bond donors (Lipinski definition) is 1. The number of anilines is 1. The lowest BCUT2D eigenvalue weighted by molar-refractivity contribution is -0.393. The third kappa shape index (κ3) is 5.12. The van der Waals surface area contributed by atoms with Gasteiger partial charge in [-0.2, -0.15) is 5.10 Å². The number of pyridine rings is 1. The Labute approximate surface area is 192 Å². The highest BCUT2D eigenvalue weighted by atomic mass is 32.2. The highest BCUT2D eigenvalue weighted by molar-refractivity contribution is 8.35. The number of hydrazone groups is 1. The highest BCUT2D eigenvalue weighted by Gasteiger charge is 2.21. The van der Waals surface area contributed by atoms with Crippen molar-refractivity contribution in [3.05, 3.63) is 92.7 Å². The van der Waals surface area contributed by atoms with E-state index in [4.69, 9.17) is 0 Å². The van der Waals surface area contributed by atoms with Crippen LogP contribution in [0.2, 0.25) is 0 Å². The SMILES string of the molecule is O=[N+]([O-])c1ccc(N/N=C/c2cccc(C3=CSC(=C4SC=CS4)S3)n2)c([N+](=O)[O-])c1. The number of rotatable bonds is 6. The zero-order chi connectivity index (χ0) is 21.8. The molecule has 31 heavy (non-hydrogen) atoms. The normalized spacial score (nSPS) is 15.5. The molecule has 0 bridgehead atoms. The number of non-ortho nitro benzene ring substituents is 1. The average Bonchev–Trinajstić information content (AvgIpc) is 3.46. The van der Waals surface area contributed by atoms with Gasteiger partial charge in [-0.25, -0.2) is 4.98 Å². The first-order valence-electron chi connectivity index (χ1n) is 8.48. The number of nitro groups is 2. The van der Waals surface area contributed by atoms with E-state index in [1.54, 1.807) is 53.1 Å². The Hall–Kier alpha value is -2.74. The van der Waals surface area contributed by atoms with Crippen LogP contribution in [0.25, 0.3) is 4.91 Å². The Morgan fingerprint density at radius 2 is 1.81 bits per heavy atom. The molecule has 0 aliphatic carbocycles. The van der Waals surface area contributed by atoms with Gasteiger partial charge in [0.1, 0.15) is 5.69 Å². The van der Waals surface area contributed by atoms with E-state index >= 15 is 0 Å². The maximum Gasteiger partial charge on any atom is 0.301 e. The second kappa shape index (κ2) is 9.60. The van der Waals surface area contributed by atoms with Crippen LogP contribution in [0, 0.1) is 20.2 Å². The van der Waals surface area contributed by atoms with Gasteiger partial charge in [0.25, 0.3) is 5.69 Å². The van der Waals surface area contributed by atoms with Crippen molar-refractivity contribution in [2.45, 2.75) is 0 Å². The summed E-state index contributed by atoms with van der Waals surface area (Å²) in [6.45, 7) is 0. The van der Waals surface area contributed by atoms with Crippen molar-refractivity contribution in [2.24, 2.45) is 5.10 Å². The Morgan fingerprint density at radius 1 is 1.00 bits per heavy atom. The lowest BCUT2D eigenvalue weighted by atomic mass is 10.2. The Bertz CT molecular complexity index is 1190. The van der Waals surface area contributed by atoms with Crippen molar-refractivity contribution in [1.29, 1.82) is 0 Å². The lowest BCUT2D eigenvalue weighted by Crippen LogP contribution is -1.99. The molecule has 156 valence electrons. The molecular formula is C18H11N5O4S4. The summed E-state index contributed by atoms with van der Waals surface area (Å²) in [6.07, 6.45) is 1.44. The van der Waals surface area contributed by atoms with Gasteiger partial charge in [0, 0.05) is 11.0 Å². The molecule has 0 saturated carbocycles. The molecule has 1 aromatic heterocycles. The first-order chi connectivity index (χ1) is 15.0. The smallest absolute Gasteiger partial charge is 0.272 e. The molecule has 0 unspecified atom stereocenters. The highest BCUT2D eigenvalue weighted by Crippen LogP contribution is 2.55. The van der Waals surface area contributed by atoms with Gasteiger partial charge >= 0.3 is 5.69 Å². The van der Waals surface area contributed by atoms with Crippen LogP contribution >= 0.6 is 47.0 Å². The van der Waals surface area contributed by atoms with Gasteiger partial charge in [-0.1, -0.05) is 53.1 Å². The van der Waals surface area contributed by atoms with Gasteiger partial charge < -0.3 is 0 Å². The largest absolute Gasteiger partial charge is 0.301 e. The summed E-state index contributed by atoms with van der Waals surface area (Å²) in [7, 11) is 0. The van der Waals surface area contributed by atoms with Crippen LogP contribution in [-0.2, 0) is 0 Å². The van der Waals surface area contributed by atoms with Crippen molar-refractivity contribution in [3.63, 3.8) is 0 Å². The minimum Gasteiger partial charge on any atom is -0.272 e.